The van der Waals surface area contributed by atoms with E-state index in [-0.39, 0.29) is 19.0 Å². The van der Waals surface area contributed by atoms with E-state index in [0.29, 0.717) is 4.48 Å². The number of rotatable bonds is 17. The maximum absolute atomic E-state index is 10.1. The molecule has 0 rings (SSSR count). The van der Waals surface area contributed by atoms with Crippen molar-refractivity contribution in [3.8, 4) is 0 Å². The van der Waals surface area contributed by atoms with Gasteiger partial charge in [0, 0.05) is 0 Å². The molecule has 0 heterocycles. The first-order valence-corrected chi connectivity index (χ1v) is 10.4. The molecule has 6 nitrogen and oxygen atoms in total. The maximum Gasteiger partial charge on any atom is 0.131 e. The van der Waals surface area contributed by atoms with E-state index in [0.717, 1.165) is 13.0 Å². The van der Waals surface area contributed by atoms with Crippen LogP contribution < -0.4 is 12.4 Å². The highest BCUT2D eigenvalue weighted by atomic mass is 35.5. The minimum absolute atomic E-state index is 0. The molecule has 0 spiro atoms. The van der Waals surface area contributed by atoms with Crippen molar-refractivity contribution in [1.82, 2.24) is 0 Å². The number of aliphatic hydroxyl groups excluding tert-OH is 5. The van der Waals surface area contributed by atoms with Gasteiger partial charge in [-0.25, -0.2) is 0 Å². The summed E-state index contributed by atoms with van der Waals surface area (Å²) in [5, 5.41) is 47.9. The zero-order valence-corrected chi connectivity index (χ0v) is 18.3. The average Bonchev–Trinajstić information content (AvgIpc) is 2.60. The first-order chi connectivity index (χ1) is 12.2. The van der Waals surface area contributed by atoms with Crippen LogP contribution in [0.4, 0.5) is 0 Å². The fraction of sp³-hybridized carbons (Fsp3) is 1.00. The first kappa shape index (κ1) is 29.3. The molecule has 0 bridgehead atoms. The van der Waals surface area contributed by atoms with E-state index in [1.165, 1.54) is 57.8 Å². The van der Waals surface area contributed by atoms with Gasteiger partial charge in [0.25, 0.3) is 0 Å². The molecule has 0 aliphatic heterocycles. The zero-order chi connectivity index (χ0) is 20.0. The lowest BCUT2D eigenvalue weighted by Gasteiger charge is -2.34. The Kier molecular flexibility index (Phi) is 18.4. The van der Waals surface area contributed by atoms with Crippen molar-refractivity contribution in [2.24, 2.45) is 0 Å². The summed E-state index contributed by atoms with van der Waals surface area (Å²) in [4.78, 5) is 0. The number of halogens is 1. The van der Waals surface area contributed by atoms with E-state index in [1.54, 1.807) is 0 Å². The molecule has 4 atom stereocenters. The molecule has 7 heteroatoms. The Labute approximate surface area is 172 Å². The lowest BCUT2D eigenvalue weighted by Crippen LogP contribution is -3.00. The van der Waals surface area contributed by atoms with Crippen LogP contribution in [0, 0.1) is 0 Å². The number of hydrogen-bond acceptors (Lipinski definition) is 5. The third-order valence-electron chi connectivity index (χ3n) is 5.12. The Bertz CT molecular complexity index is 333. The second kappa shape index (κ2) is 17.0. The van der Waals surface area contributed by atoms with Crippen LogP contribution in [0.5, 0.6) is 0 Å². The van der Waals surface area contributed by atoms with Gasteiger partial charge in [-0.2, -0.15) is 0 Å². The Hall–Kier alpha value is 0.0500. The SMILES string of the molecule is CCCCCCCCCCCC[N+](C)(C)CC(O)C(O)C(O)C(O)CO.[Cl-]. The van der Waals surface area contributed by atoms with E-state index in [9.17, 15) is 20.4 Å². The van der Waals surface area contributed by atoms with Gasteiger partial charge in [0.05, 0.1) is 27.2 Å². The van der Waals surface area contributed by atoms with Gasteiger partial charge in [-0.15, -0.1) is 0 Å². The standard InChI is InChI=1S/C20H44NO5.ClH/c1-4-5-6-7-8-9-10-11-12-13-14-21(2,3)15-17(23)19(25)20(26)18(24)16-22;/h17-20,22-26H,4-16H2,1-3H3;1H/q+1;/p-1. The third-order valence-corrected chi connectivity index (χ3v) is 5.12. The van der Waals surface area contributed by atoms with Crippen LogP contribution in [0.25, 0.3) is 0 Å². The normalized spacial score (nSPS) is 16.4. The molecule has 0 amide bonds. The number of likely N-dealkylation sites (N-methyl/N-ethyl adjacent to an activating group) is 1. The highest BCUT2D eigenvalue weighted by molar-refractivity contribution is 4.80. The summed E-state index contributed by atoms with van der Waals surface area (Å²) in [5.74, 6) is 0. The van der Waals surface area contributed by atoms with Crippen LogP contribution in [-0.4, -0.2) is 88.2 Å². The number of nitrogens with zero attached hydrogens (tertiary/aromatic N) is 1. The highest BCUT2D eigenvalue weighted by Gasteiger charge is 2.33. The van der Waals surface area contributed by atoms with Crippen molar-refractivity contribution in [1.29, 1.82) is 0 Å². The lowest BCUT2D eigenvalue weighted by molar-refractivity contribution is -0.894. The fourth-order valence-electron chi connectivity index (χ4n) is 3.30. The van der Waals surface area contributed by atoms with Gasteiger partial charge in [0.1, 0.15) is 31.0 Å². The van der Waals surface area contributed by atoms with Gasteiger partial charge in [-0.1, -0.05) is 58.3 Å². The fourth-order valence-corrected chi connectivity index (χ4v) is 3.30. The summed E-state index contributed by atoms with van der Waals surface area (Å²) < 4.78 is 0.539. The molecule has 27 heavy (non-hydrogen) atoms. The molecule has 0 aliphatic carbocycles. The van der Waals surface area contributed by atoms with Gasteiger partial charge in [-0.3, -0.25) is 0 Å². The number of hydrogen-bond donors (Lipinski definition) is 5. The topological polar surface area (TPSA) is 101 Å². The van der Waals surface area contributed by atoms with Crippen LogP contribution in [0.1, 0.15) is 71.1 Å². The number of unbranched alkanes of at least 4 members (excludes halogenated alkanes) is 9. The molecule has 0 saturated carbocycles. The van der Waals surface area contributed by atoms with Crippen molar-refractivity contribution >= 4 is 0 Å². The summed E-state index contributed by atoms with van der Waals surface area (Å²) in [6.45, 7) is 2.76. The smallest absolute Gasteiger partial charge is 0.131 e. The molecule has 0 aromatic heterocycles. The van der Waals surface area contributed by atoms with Crippen molar-refractivity contribution in [3.63, 3.8) is 0 Å². The minimum atomic E-state index is -1.55. The average molecular weight is 414 g/mol. The first-order valence-electron chi connectivity index (χ1n) is 10.4. The van der Waals surface area contributed by atoms with Crippen molar-refractivity contribution in [3.05, 3.63) is 0 Å². The number of aliphatic hydroxyl groups is 5. The van der Waals surface area contributed by atoms with Gasteiger partial charge < -0.3 is 42.4 Å². The van der Waals surface area contributed by atoms with Crippen LogP contribution in [-0.2, 0) is 0 Å². The van der Waals surface area contributed by atoms with E-state index in [4.69, 9.17) is 5.11 Å². The predicted molar refractivity (Wildman–Crippen MR) is 105 cm³/mol. The second-order valence-electron chi connectivity index (χ2n) is 8.32. The highest BCUT2D eigenvalue weighted by Crippen LogP contribution is 2.13. The quantitative estimate of drug-likeness (QED) is 0.146. The molecule has 0 fully saturated rings. The molecular formula is C20H44ClNO5. The summed E-state index contributed by atoms with van der Waals surface area (Å²) in [7, 11) is 3.97. The molecule has 4 unspecified atom stereocenters. The number of quaternary nitrogens is 1. The second-order valence-corrected chi connectivity index (χ2v) is 8.32. The Morgan fingerprint density at radius 1 is 0.667 bits per heavy atom. The van der Waals surface area contributed by atoms with Crippen molar-refractivity contribution < 1.29 is 42.4 Å². The summed E-state index contributed by atoms with van der Waals surface area (Å²) in [6.07, 6.45) is 7.16. The van der Waals surface area contributed by atoms with Crippen LogP contribution in [0.3, 0.4) is 0 Å². The van der Waals surface area contributed by atoms with E-state index in [1.807, 2.05) is 14.1 Å². The van der Waals surface area contributed by atoms with Crippen LogP contribution in [0.2, 0.25) is 0 Å². The van der Waals surface area contributed by atoms with E-state index in [2.05, 4.69) is 6.92 Å². The van der Waals surface area contributed by atoms with Crippen LogP contribution in [0.15, 0.2) is 0 Å². The molecule has 0 radical (unpaired) electrons. The van der Waals surface area contributed by atoms with Gasteiger partial charge in [-0.05, 0) is 12.8 Å². The summed E-state index contributed by atoms with van der Waals surface area (Å²) >= 11 is 0. The van der Waals surface area contributed by atoms with Crippen molar-refractivity contribution in [2.45, 2.75) is 95.5 Å². The van der Waals surface area contributed by atoms with Gasteiger partial charge in [0.2, 0.25) is 0 Å². The van der Waals surface area contributed by atoms with E-state index < -0.39 is 31.0 Å². The summed E-state index contributed by atoms with van der Waals surface area (Å²) in [5.41, 5.74) is 0. The monoisotopic (exact) mass is 413 g/mol. The molecule has 5 N–H and O–H groups in total. The van der Waals surface area contributed by atoms with Gasteiger partial charge in [0.15, 0.2) is 0 Å². The molecule has 0 saturated heterocycles. The maximum atomic E-state index is 10.1. The van der Waals surface area contributed by atoms with Crippen molar-refractivity contribution in [2.75, 3.05) is 33.8 Å². The Morgan fingerprint density at radius 2 is 1.07 bits per heavy atom. The molecule has 0 aromatic carbocycles. The largest absolute Gasteiger partial charge is 1.00 e. The molecular weight excluding hydrogens is 370 g/mol. The molecule has 0 aromatic rings. The zero-order valence-electron chi connectivity index (χ0n) is 17.6. The Balaban J connectivity index is 0. The molecule has 0 aliphatic rings. The van der Waals surface area contributed by atoms with E-state index >= 15 is 0 Å². The van der Waals surface area contributed by atoms with Crippen LogP contribution >= 0.6 is 0 Å². The molecule has 166 valence electrons. The summed E-state index contributed by atoms with van der Waals surface area (Å²) in [6, 6.07) is 0. The van der Waals surface area contributed by atoms with Gasteiger partial charge >= 0.3 is 0 Å². The Morgan fingerprint density at radius 3 is 1.52 bits per heavy atom. The minimum Gasteiger partial charge on any atom is -1.00 e. The third kappa shape index (κ3) is 14.7. The lowest BCUT2D eigenvalue weighted by atomic mass is 10.0. The predicted octanol–water partition coefficient (Wildman–Crippen LogP) is -1.58.